The van der Waals surface area contributed by atoms with E-state index in [1.54, 1.807) is 0 Å². The maximum atomic E-state index is 6.14. The van der Waals surface area contributed by atoms with Gasteiger partial charge in [-0.1, -0.05) is 25.0 Å². The Morgan fingerprint density at radius 2 is 1.60 bits per heavy atom. The lowest BCUT2D eigenvalue weighted by atomic mass is 9.96. The number of allylic oxidation sites excluding steroid dienone is 2. The Bertz CT molecular complexity index is 152. The summed E-state index contributed by atoms with van der Waals surface area (Å²) in [6, 6.07) is 0. The second-order valence-corrected chi connectivity index (χ2v) is 3.89. The number of hydrogen-bond donors (Lipinski definition) is 0. The van der Waals surface area contributed by atoms with Crippen LogP contribution in [0.25, 0.3) is 0 Å². The minimum Gasteiger partial charge on any atom is -0.118 e. The Morgan fingerprint density at radius 1 is 1.10 bits per heavy atom. The predicted molar refractivity (Wildman–Crippen MR) is 46.3 cm³/mol. The number of hydrogen-bond acceptors (Lipinski definition) is 0. The largest absolute Gasteiger partial charge is 0.118 e. The number of alkyl halides is 1. The molecular formula is C9H15Cl. The molecule has 1 heteroatoms. The zero-order valence-corrected chi connectivity index (χ0v) is 7.87. The van der Waals surface area contributed by atoms with Crippen molar-refractivity contribution in [2.45, 2.75) is 33.1 Å². The van der Waals surface area contributed by atoms with Crippen LogP contribution in [0, 0.1) is 11.8 Å². The van der Waals surface area contributed by atoms with Crippen molar-refractivity contribution in [3.05, 3.63) is 11.1 Å². The molecule has 10 heavy (non-hydrogen) atoms. The highest BCUT2D eigenvalue weighted by atomic mass is 35.5. The van der Waals surface area contributed by atoms with Gasteiger partial charge in [-0.05, 0) is 25.7 Å². The van der Waals surface area contributed by atoms with Crippen molar-refractivity contribution < 1.29 is 0 Å². The van der Waals surface area contributed by atoms with E-state index in [1.165, 1.54) is 11.1 Å². The van der Waals surface area contributed by atoms with Gasteiger partial charge in [0.15, 0.2) is 0 Å². The third kappa shape index (κ3) is 0.989. The van der Waals surface area contributed by atoms with E-state index in [0.717, 1.165) is 0 Å². The first-order valence-corrected chi connectivity index (χ1v) is 4.30. The summed E-state index contributed by atoms with van der Waals surface area (Å²) >= 11 is 6.14. The zero-order valence-electron chi connectivity index (χ0n) is 7.11. The van der Waals surface area contributed by atoms with Crippen LogP contribution in [0.1, 0.15) is 27.7 Å². The van der Waals surface area contributed by atoms with Gasteiger partial charge in [-0.3, -0.25) is 0 Å². The van der Waals surface area contributed by atoms with Gasteiger partial charge in [0.2, 0.25) is 0 Å². The topological polar surface area (TPSA) is 0 Å². The maximum absolute atomic E-state index is 6.14. The van der Waals surface area contributed by atoms with Crippen LogP contribution < -0.4 is 0 Å². The van der Waals surface area contributed by atoms with Crippen LogP contribution in [0.2, 0.25) is 0 Å². The Hall–Kier alpha value is 0.0300. The summed E-state index contributed by atoms with van der Waals surface area (Å²) in [4.78, 5) is 0. The zero-order chi connectivity index (χ0) is 7.89. The molecule has 0 nitrogen and oxygen atoms in total. The summed E-state index contributed by atoms with van der Waals surface area (Å²) in [7, 11) is 0. The van der Waals surface area contributed by atoms with E-state index in [2.05, 4.69) is 27.7 Å². The molecule has 0 N–H and O–H groups in total. The standard InChI is InChI=1S/C9H15Cl/c1-5-6(2)8(4)9(10)7(5)3/h5,7,9H,1-4H3. The van der Waals surface area contributed by atoms with Crippen LogP contribution >= 0.6 is 11.6 Å². The summed E-state index contributed by atoms with van der Waals surface area (Å²) in [6.45, 7) is 8.82. The van der Waals surface area contributed by atoms with Crippen LogP contribution in [0.5, 0.6) is 0 Å². The molecule has 0 heterocycles. The van der Waals surface area contributed by atoms with Crippen molar-refractivity contribution >= 4 is 11.6 Å². The first-order chi connectivity index (χ1) is 4.55. The number of halogens is 1. The fourth-order valence-electron chi connectivity index (χ4n) is 1.62. The van der Waals surface area contributed by atoms with E-state index in [4.69, 9.17) is 11.6 Å². The van der Waals surface area contributed by atoms with Crippen molar-refractivity contribution in [1.82, 2.24) is 0 Å². The Morgan fingerprint density at radius 3 is 1.70 bits per heavy atom. The summed E-state index contributed by atoms with van der Waals surface area (Å²) in [6.07, 6.45) is 0. The molecule has 0 spiro atoms. The SMILES string of the molecule is CC1=C(C)C(Cl)C(C)C1C. The van der Waals surface area contributed by atoms with Gasteiger partial charge in [-0.2, -0.15) is 0 Å². The molecule has 0 bridgehead atoms. The molecule has 1 aliphatic rings. The van der Waals surface area contributed by atoms with Crippen LogP contribution in [0.4, 0.5) is 0 Å². The van der Waals surface area contributed by atoms with Crippen LogP contribution in [0.3, 0.4) is 0 Å². The Balaban J connectivity index is 2.88. The van der Waals surface area contributed by atoms with Gasteiger partial charge in [0, 0.05) is 0 Å². The van der Waals surface area contributed by atoms with Crippen molar-refractivity contribution in [2.24, 2.45) is 11.8 Å². The quantitative estimate of drug-likeness (QED) is 0.375. The summed E-state index contributed by atoms with van der Waals surface area (Å²) < 4.78 is 0. The molecule has 0 saturated carbocycles. The van der Waals surface area contributed by atoms with Gasteiger partial charge >= 0.3 is 0 Å². The Labute approximate surface area is 68.3 Å². The maximum Gasteiger partial charge on any atom is 0.0576 e. The predicted octanol–water partition coefficient (Wildman–Crippen LogP) is 3.22. The molecule has 1 aliphatic carbocycles. The highest BCUT2D eigenvalue weighted by Crippen LogP contribution is 2.39. The highest BCUT2D eigenvalue weighted by molar-refractivity contribution is 6.22. The molecule has 0 saturated heterocycles. The lowest BCUT2D eigenvalue weighted by molar-refractivity contribution is 0.484. The molecule has 0 fully saturated rings. The molecule has 0 amide bonds. The van der Waals surface area contributed by atoms with Gasteiger partial charge in [0.25, 0.3) is 0 Å². The second kappa shape index (κ2) is 2.58. The lowest BCUT2D eigenvalue weighted by Gasteiger charge is -2.13. The lowest BCUT2D eigenvalue weighted by Crippen LogP contribution is -2.11. The molecule has 0 aromatic carbocycles. The van der Waals surface area contributed by atoms with Crippen LogP contribution in [0.15, 0.2) is 11.1 Å². The molecule has 1 rings (SSSR count). The summed E-state index contributed by atoms with van der Waals surface area (Å²) in [5, 5.41) is 0.287. The van der Waals surface area contributed by atoms with Gasteiger partial charge in [0.05, 0.1) is 5.38 Å². The Kier molecular flexibility index (Phi) is 2.10. The number of rotatable bonds is 0. The fourth-order valence-corrected chi connectivity index (χ4v) is 2.01. The molecule has 3 unspecified atom stereocenters. The average molecular weight is 159 g/mol. The molecule has 0 radical (unpaired) electrons. The molecule has 58 valence electrons. The van der Waals surface area contributed by atoms with E-state index in [-0.39, 0.29) is 5.38 Å². The van der Waals surface area contributed by atoms with Crippen molar-refractivity contribution in [2.75, 3.05) is 0 Å². The second-order valence-electron chi connectivity index (χ2n) is 3.42. The van der Waals surface area contributed by atoms with Crippen molar-refractivity contribution in [3.8, 4) is 0 Å². The minimum atomic E-state index is 0.287. The van der Waals surface area contributed by atoms with Crippen molar-refractivity contribution in [3.63, 3.8) is 0 Å². The van der Waals surface area contributed by atoms with E-state index in [9.17, 15) is 0 Å². The van der Waals surface area contributed by atoms with E-state index in [1.807, 2.05) is 0 Å². The van der Waals surface area contributed by atoms with Crippen LogP contribution in [-0.4, -0.2) is 5.38 Å². The molecular weight excluding hydrogens is 144 g/mol. The van der Waals surface area contributed by atoms with Crippen LogP contribution in [-0.2, 0) is 0 Å². The molecule has 0 aliphatic heterocycles. The van der Waals surface area contributed by atoms with Gasteiger partial charge in [-0.25, -0.2) is 0 Å². The summed E-state index contributed by atoms with van der Waals surface area (Å²) in [5.74, 6) is 1.31. The van der Waals surface area contributed by atoms with E-state index < -0.39 is 0 Å². The fraction of sp³-hybridized carbons (Fsp3) is 0.778. The first kappa shape index (κ1) is 8.13. The van der Waals surface area contributed by atoms with E-state index >= 15 is 0 Å². The smallest absolute Gasteiger partial charge is 0.0576 e. The molecule has 3 atom stereocenters. The first-order valence-electron chi connectivity index (χ1n) is 3.87. The average Bonchev–Trinajstić information content (AvgIpc) is 2.07. The van der Waals surface area contributed by atoms with E-state index in [0.29, 0.717) is 11.8 Å². The van der Waals surface area contributed by atoms with Gasteiger partial charge in [0.1, 0.15) is 0 Å². The monoisotopic (exact) mass is 158 g/mol. The minimum absolute atomic E-state index is 0.287. The molecule has 0 aromatic heterocycles. The summed E-state index contributed by atoms with van der Waals surface area (Å²) in [5.41, 5.74) is 2.88. The highest BCUT2D eigenvalue weighted by Gasteiger charge is 2.31. The van der Waals surface area contributed by atoms with Crippen molar-refractivity contribution in [1.29, 1.82) is 0 Å². The third-order valence-corrected chi connectivity index (χ3v) is 3.69. The van der Waals surface area contributed by atoms with Gasteiger partial charge < -0.3 is 0 Å². The normalized spacial score (nSPS) is 41.1. The van der Waals surface area contributed by atoms with Gasteiger partial charge in [-0.15, -0.1) is 11.6 Å². The molecule has 0 aromatic rings. The third-order valence-electron chi connectivity index (χ3n) is 2.97.